The fourth-order valence-corrected chi connectivity index (χ4v) is 2.70. The lowest BCUT2D eigenvalue weighted by Crippen LogP contribution is -2.54. The number of hydrogen-bond acceptors (Lipinski definition) is 4. The summed E-state index contributed by atoms with van der Waals surface area (Å²) in [5.74, 6) is -0.861. The van der Waals surface area contributed by atoms with Gasteiger partial charge < -0.3 is 11.1 Å². The lowest BCUT2D eigenvalue weighted by molar-refractivity contribution is -0.137. The molecule has 4 N–H and O–H groups in total. The number of nitrogens with two attached hydrogens (primary N) is 1. The maximum atomic E-state index is 12.5. The molecule has 21 heavy (non-hydrogen) atoms. The predicted molar refractivity (Wildman–Crippen MR) is 76.1 cm³/mol. The van der Waals surface area contributed by atoms with Crippen molar-refractivity contribution >= 4 is 23.4 Å². The van der Waals surface area contributed by atoms with Gasteiger partial charge >= 0.3 is 0 Å². The van der Waals surface area contributed by atoms with Crippen LogP contribution in [0.2, 0.25) is 0 Å². The summed E-state index contributed by atoms with van der Waals surface area (Å²) in [5, 5.41) is 5.02. The van der Waals surface area contributed by atoms with Gasteiger partial charge in [0.15, 0.2) is 0 Å². The highest BCUT2D eigenvalue weighted by Crippen LogP contribution is 2.48. The fraction of sp³-hybridized carbons (Fsp3) is 0.400. The SMILES string of the molecule is Nc1ccc(C2(C(=O)NC3CCC(=O)NC3=O)CC2)cc1. The molecule has 1 saturated heterocycles. The first-order valence-electron chi connectivity index (χ1n) is 7.02. The minimum Gasteiger partial charge on any atom is -0.399 e. The molecule has 0 aromatic heterocycles. The molecule has 1 aromatic carbocycles. The maximum Gasteiger partial charge on any atom is 0.249 e. The predicted octanol–water partition coefficient (Wildman–Crippen LogP) is 0.222. The Bertz CT molecular complexity index is 605. The van der Waals surface area contributed by atoms with E-state index in [0.717, 1.165) is 18.4 Å². The number of anilines is 1. The van der Waals surface area contributed by atoms with Crippen LogP contribution in [0.15, 0.2) is 24.3 Å². The molecule has 6 nitrogen and oxygen atoms in total. The zero-order valence-corrected chi connectivity index (χ0v) is 11.5. The number of hydrogen-bond donors (Lipinski definition) is 3. The number of imide groups is 1. The molecule has 110 valence electrons. The molecule has 1 saturated carbocycles. The van der Waals surface area contributed by atoms with E-state index in [2.05, 4.69) is 10.6 Å². The normalized spacial score (nSPS) is 23.3. The number of benzene rings is 1. The number of nitrogens with one attached hydrogen (secondary N) is 2. The molecule has 1 heterocycles. The van der Waals surface area contributed by atoms with E-state index in [1.54, 1.807) is 12.1 Å². The molecule has 0 spiro atoms. The molecule has 1 aromatic rings. The third-order valence-corrected chi connectivity index (χ3v) is 4.19. The Labute approximate surface area is 122 Å². The van der Waals surface area contributed by atoms with Crippen LogP contribution in [0.4, 0.5) is 5.69 Å². The minimum atomic E-state index is -0.624. The van der Waals surface area contributed by atoms with E-state index < -0.39 is 17.4 Å². The van der Waals surface area contributed by atoms with Crippen molar-refractivity contribution in [2.75, 3.05) is 5.73 Å². The van der Waals surface area contributed by atoms with Crippen LogP contribution >= 0.6 is 0 Å². The van der Waals surface area contributed by atoms with Crippen molar-refractivity contribution < 1.29 is 14.4 Å². The van der Waals surface area contributed by atoms with Crippen LogP contribution in [0.1, 0.15) is 31.2 Å². The summed E-state index contributed by atoms with van der Waals surface area (Å²) in [6.45, 7) is 0. The Morgan fingerprint density at radius 1 is 1.24 bits per heavy atom. The topological polar surface area (TPSA) is 101 Å². The van der Waals surface area contributed by atoms with Gasteiger partial charge in [0.1, 0.15) is 6.04 Å². The highest BCUT2D eigenvalue weighted by atomic mass is 16.2. The van der Waals surface area contributed by atoms with Gasteiger partial charge in [-0.25, -0.2) is 0 Å². The summed E-state index contributed by atoms with van der Waals surface area (Å²) < 4.78 is 0. The average Bonchev–Trinajstić information content (AvgIpc) is 3.24. The molecular weight excluding hydrogens is 270 g/mol. The highest BCUT2D eigenvalue weighted by Gasteiger charge is 2.52. The first-order chi connectivity index (χ1) is 10.0. The molecule has 3 amide bonds. The Morgan fingerprint density at radius 2 is 1.90 bits per heavy atom. The zero-order valence-electron chi connectivity index (χ0n) is 11.5. The van der Waals surface area contributed by atoms with Gasteiger partial charge in [0.05, 0.1) is 5.41 Å². The molecule has 1 unspecified atom stereocenters. The van der Waals surface area contributed by atoms with Crippen molar-refractivity contribution in [1.29, 1.82) is 0 Å². The Kier molecular flexibility index (Phi) is 3.16. The van der Waals surface area contributed by atoms with Gasteiger partial charge in [-0.15, -0.1) is 0 Å². The van der Waals surface area contributed by atoms with Gasteiger partial charge in [-0.2, -0.15) is 0 Å². The summed E-state index contributed by atoms with van der Waals surface area (Å²) in [6.07, 6.45) is 2.13. The van der Waals surface area contributed by atoms with Crippen LogP contribution in [0.25, 0.3) is 0 Å². The van der Waals surface area contributed by atoms with Crippen molar-refractivity contribution in [3.8, 4) is 0 Å². The number of carbonyl (C=O) groups is 3. The third-order valence-electron chi connectivity index (χ3n) is 4.19. The van der Waals surface area contributed by atoms with Crippen LogP contribution in [-0.2, 0) is 19.8 Å². The second-order valence-corrected chi connectivity index (χ2v) is 5.68. The second kappa shape index (κ2) is 4.87. The Morgan fingerprint density at radius 3 is 2.48 bits per heavy atom. The van der Waals surface area contributed by atoms with E-state index in [9.17, 15) is 14.4 Å². The first kappa shape index (κ1) is 13.6. The van der Waals surface area contributed by atoms with Crippen LogP contribution in [0, 0.1) is 0 Å². The quantitative estimate of drug-likeness (QED) is 0.547. The van der Waals surface area contributed by atoms with E-state index in [0.29, 0.717) is 12.1 Å². The van der Waals surface area contributed by atoms with Gasteiger partial charge in [0.2, 0.25) is 17.7 Å². The van der Waals surface area contributed by atoms with Gasteiger partial charge in [-0.05, 0) is 37.0 Å². The van der Waals surface area contributed by atoms with Gasteiger partial charge in [-0.1, -0.05) is 12.1 Å². The molecule has 2 aliphatic rings. The largest absolute Gasteiger partial charge is 0.399 e. The molecule has 3 rings (SSSR count). The molecule has 2 fully saturated rings. The second-order valence-electron chi connectivity index (χ2n) is 5.68. The third kappa shape index (κ3) is 2.49. The number of piperidine rings is 1. The summed E-state index contributed by atoms with van der Waals surface area (Å²) >= 11 is 0. The van der Waals surface area contributed by atoms with E-state index in [1.165, 1.54) is 0 Å². The van der Waals surface area contributed by atoms with Crippen molar-refractivity contribution in [3.63, 3.8) is 0 Å². The number of nitrogen functional groups attached to an aromatic ring is 1. The summed E-state index contributed by atoms with van der Waals surface area (Å²) in [7, 11) is 0. The standard InChI is InChI=1S/C15H17N3O3/c16-10-3-1-9(2-4-10)15(7-8-15)14(21)17-11-5-6-12(19)18-13(11)20/h1-4,11H,5-8,16H2,(H,17,21)(H,18,19,20). The van der Waals surface area contributed by atoms with Gasteiger partial charge in [-0.3, -0.25) is 19.7 Å². The van der Waals surface area contributed by atoms with Crippen molar-refractivity contribution in [3.05, 3.63) is 29.8 Å². The molecule has 1 aliphatic carbocycles. The molecule has 1 aliphatic heterocycles. The minimum absolute atomic E-state index is 0.151. The Balaban J connectivity index is 1.72. The van der Waals surface area contributed by atoms with E-state index in [4.69, 9.17) is 5.73 Å². The molecular formula is C15H17N3O3. The zero-order chi connectivity index (χ0) is 15.0. The summed E-state index contributed by atoms with van der Waals surface area (Å²) in [4.78, 5) is 35.3. The fourth-order valence-electron chi connectivity index (χ4n) is 2.70. The lowest BCUT2D eigenvalue weighted by Gasteiger charge is -2.24. The van der Waals surface area contributed by atoms with E-state index in [-0.39, 0.29) is 18.2 Å². The molecule has 0 radical (unpaired) electrons. The van der Waals surface area contributed by atoms with Crippen LogP contribution < -0.4 is 16.4 Å². The van der Waals surface area contributed by atoms with Crippen LogP contribution in [0.5, 0.6) is 0 Å². The van der Waals surface area contributed by atoms with E-state index in [1.807, 2.05) is 12.1 Å². The highest BCUT2D eigenvalue weighted by molar-refractivity contribution is 6.03. The van der Waals surface area contributed by atoms with Crippen molar-refractivity contribution in [2.45, 2.75) is 37.1 Å². The smallest absolute Gasteiger partial charge is 0.249 e. The number of rotatable bonds is 3. The van der Waals surface area contributed by atoms with E-state index >= 15 is 0 Å². The van der Waals surface area contributed by atoms with Gasteiger partial charge in [0, 0.05) is 12.1 Å². The van der Waals surface area contributed by atoms with Crippen LogP contribution in [0.3, 0.4) is 0 Å². The molecule has 1 atom stereocenters. The average molecular weight is 287 g/mol. The lowest BCUT2D eigenvalue weighted by atomic mass is 9.93. The van der Waals surface area contributed by atoms with Crippen molar-refractivity contribution in [1.82, 2.24) is 10.6 Å². The summed E-state index contributed by atoms with van der Waals surface area (Å²) in [5.41, 5.74) is 6.69. The molecule has 0 bridgehead atoms. The summed E-state index contributed by atoms with van der Waals surface area (Å²) in [6, 6.07) is 6.63. The van der Waals surface area contributed by atoms with Crippen LogP contribution in [-0.4, -0.2) is 23.8 Å². The number of carbonyl (C=O) groups excluding carboxylic acids is 3. The number of amides is 3. The maximum absolute atomic E-state index is 12.5. The monoisotopic (exact) mass is 287 g/mol. The molecule has 6 heteroatoms. The Hall–Kier alpha value is -2.37. The van der Waals surface area contributed by atoms with Crippen molar-refractivity contribution in [2.24, 2.45) is 0 Å². The first-order valence-corrected chi connectivity index (χ1v) is 7.02. The van der Waals surface area contributed by atoms with Gasteiger partial charge in [0.25, 0.3) is 0 Å².